The van der Waals surface area contributed by atoms with Gasteiger partial charge < -0.3 is 15.6 Å². The summed E-state index contributed by atoms with van der Waals surface area (Å²) in [5.74, 6) is -0.229. The van der Waals surface area contributed by atoms with E-state index in [9.17, 15) is 9.50 Å². The highest BCUT2D eigenvalue weighted by Gasteiger charge is 2.05. The van der Waals surface area contributed by atoms with Gasteiger partial charge >= 0.3 is 0 Å². The maximum Gasteiger partial charge on any atom is 0.165 e. The molecule has 0 radical (unpaired) electrons. The summed E-state index contributed by atoms with van der Waals surface area (Å²) in [7, 11) is 0. The lowest BCUT2D eigenvalue weighted by atomic mass is 10.2. The molecule has 3 N–H and O–H groups in total. The second-order valence-electron chi connectivity index (χ2n) is 3.61. The molecular weight excluding hydrogens is 221 g/mol. The molecule has 3 nitrogen and oxygen atoms in total. The number of phenolic OH excluding ortho intramolecular Hbond substituents is 1. The molecule has 0 bridgehead atoms. The maximum atomic E-state index is 13.2. The van der Waals surface area contributed by atoms with Gasteiger partial charge in [-0.3, -0.25) is 0 Å². The molecule has 0 atom stereocenters. The molecule has 0 saturated heterocycles. The normalized spacial score (nSPS) is 10.2. The Kier molecular flexibility index (Phi) is 3.14. The quantitative estimate of drug-likeness (QED) is 0.801. The van der Waals surface area contributed by atoms with E-state index in [0.717, 1.165) is 0 Å². The number of anilines is 1. The number of aromatic hydroxyl groups is 1. The minimum atomic E-state index is -0.428. The number of benzene rings is 2. The molecule has 2 aromatic carbocycles. The predicted octanol–water partition coefficient (Wildman–Crippen LogP) is 2.69. The van der Waals surface area contributed by atoms with Crippen LogP contribution in [0.4, 0.5) is 10.1 Å². The Bertz CT molecular complexity index is 529. The van der Waals surface area contributed by atoms with Gasteiger partial charge in [0, 0.05) is 17.3 Å². The van der Waals surface area contributed by atoms with Gasteiger partial charge in [-0.15, -0.1) is 0 Å². The Morgan fingerprint density at radius 3 is 2.65 bits per heavy atom. The van der Waals surface area contributed by atoms with Gasteiger partial charge in [0.05, 0.1) is 0 Å². The number of ether oxygens (including phenoxy) is 1. The molecule has 0 amide bonds. The second-order valence-corrected chi connectivity index (χ2v) is 3.61. The van der Waals surface area contributed by atoms with Gasteiger partial charge in [0.25, 0.3) is 0 Å². The van der Waals surface area contributed by atoms with Crippen molar-refractivity contribution in [1.29, 1.82) is 0 Å². The molecule has 88 valence electrons. The van der Waals surface area contributed by atoms with Crippen LogP contribution in [-0.4, -0.2) is 5.11 Å². The van der Waals surface area contributed by atoms with Crippen LogP contribution in [0.15, 0.2) is 42.5 Å². The van der Waals surface area contributed by atoms with Gasteiger partial charge in [-0.1, -0.05) is 12.1 Å². The zero-order valence-electron chi connectivity index (χ0n) is 9.06. The first kappa shape index (κ1) is 11.3. The molecule has 2 aromatic rings. The number of hydrogen-bond acceptors (Lipinski definition) is 3. The minimum Gasteiger partial charge on any atom is -0.507 e. The Balaban J connectivity index is 2.10. The van der Waals surface area contributed by atoms with Crippen molar-refractivity contribution in [1.82, 2.24) is 0 Å². The molecule has 2 rings (SSSR count). The smallest absolute Gasteiger partial charge is 0.165 e. The van der Waals surface area contributed by atoms with Crippen molar-refractivity contribution in [3.8, 4) is 11.5 Å². The number of nitrogen functional groups attached to an aromatic ring is 1. The summed E-state index contributed by atoms with van der Waals surface area (Å²) >= 11 is 0. The Labute approximate surface area is 98.3 Å². The molecule has 0 fully saturated rings. The average molecular weight is 233 g/mol. The van der Waals surface area contributed by atoms with Gasteiger partial charge in [-0.05, 0) is 24.3 Å². The number of phenols is 1. The van der Waals surface area contributed by atoms with Crippen LogP contribution in [0.5, 0.6) is 11.5 Å². The molecule has 0 aromatic heterocycles. The third-order valence-electron chi connectivity index (χ3n) is 2.33. The number of para-hydroxylation sites is 1. The van der Waals surface area contributed by atoms with Crippen molar-refractivity contribution < 1.29 is 14.2 Å². The summed E-state index contributed by atoms with van der Waals surface area (Å²) in [5.41, 5.74) is 6.53. The lowest BCUT2D eigenvalue weighted by Gasteiger charge is -2.08. The van der Waals surface area contributed by atoms with E-state index in [1.54, 1.807) is 24.3 Å². The molecule has 17 heavy (non-hydrogen) atoms. The Morgan fingerprint density at radius 1 is 1.18 bits per heavy atom. The van der Waals surface area contributed by atoms with Gasteiger partial charge in [0.15, 0.2) is 11.6 Å². The monoisotopic (exact) mass is 233 g/mol. The Morgan fingerprint density at radius 2 is 1.94 bits per heavy atom. The molecular formula is C13H12FNO2. The standard InChI is InChI=1S/C13H12FNO2/c14-11-3-1-2-4-13(11)17-8-9-5-6-10(15)7-12(9)16/h1-7,16H,8,15H2. The molecule has 0 unspecified atom stereocenters. The van der Waals surface area contributed by atoms with Crippen molar-refractivity contribution in [3.05, 3.63) is 53.8 Å². The lowest BCUT2D eigenvalue weighted by molar-refractivity contribution is 0.284. The highest BCUT2D eigenvalue weighted by Crippen LogP contribution is 2.23. The average Bonchev–Trinajstić information content (AvgIpc) is 2.30. The zero-order valence-corrected chi connectivity index (χ0v) is 9.06. The van der Waals surface area contributed by atoms with Crippen molar-refractivity contribution in [3.63, 3.8) is 0 Å². The van der Waals surface area contributed by atoms with E-state index in [1.807, 2.05) is 0 Å². The van der Waals surface area contributed by atoms with Crippen LogP contribution >= 0.6 is 0 Å². The molecule has 0 spiro atoms. The zero-order chi connectivity index (χ0) is 12.3. The third-order valence-corrected chi connectivity index (χ3v) is 2.33. The summed E-state index contributed by atoms with van der Waals surface area (Å²) in [6, 6.07) is 10.8. The summed E-state index contributed by atoms with van der Waals surface area (Å²) in [5, 5.41) is 9.58. The third kappa shape index (κ3) is 2.66. The highest BCUT2D eigenvalue weighted by atomic mass is 19.1. The SMILES string of the molecule is Nc1ccc(COc2ccccc2F)c(O)c1. The van der Waals surface area contributed by atoms with E-state index in [-0.39, 0.29) is 18.1 Å². The number of nitrogens with two attached hydrogens (primary N) is 1. The molecule has 0 aliphatic carbocycles. The molecule has 0 heterocycles. The van der Waals surface area contributed by atoms with Crippen LogP contribution in [-0.2, 0) is 6.61 Å². The lowest BCUT2D eigenvalue weighted by Crippen LogP contribution is -1.98. The maximum absolute atomic E-state index is 13.2. The van der Waals surface area contributed by atoms with Gasteiger partial charge in [-0.25, -0.2) is 4.39 Å². The van der Waals surface area contributed by atoms with Crippen LogP contribution in [0.3, 0.4) is 0 Å². The summed E-state index contributed by atoms with van der Waals surface area (Å²) < 4.78 is 18.5. The Hall–Kier alpha value is -2.23. The second kappa shape index (κ2) is 4.74. The summed E-state index contributed by atoms with van der Waals surface area (Å²) in [4.78, 5) is 0. The first-order valence-electron chi connectivity index (χ1n) is 5.11. The van der Waals surface area contributed by atoms with E-state index in [2.05, 4.69) is 0 Å². The molecule has 0 aliphatic rings. The fourth-order valence-electron chi connectivity index (χ4n) is 1.42. The topological polar surface area (TPSA) is 55.5 Å². The first-order valence-corrected chi connectivity index (χ1v) is 5.11. The van der Waals surface area contributed by atoms with Crippen LogP contribution in [0.1, 0.15) is 5.56 Å². The van der Waals surface area contributed by atoms with Gasteiger partial charge in [-0.2, -0.15) is 0 Å². The van der Waals surface area contributed by atoms with Crippen molar-refractivity contribution in [2.24, 2.45) is 0 Å². The van der Waals surface area contributed by atoms with E-state index in [0.29, 0.717) is 11.3 Å². The first-order chi connectivity index (χ1) is 8.16. The largest absolute Gasteiger partial charge is 0.507 e. The van der Waals surface area contributed by atoms with E-state index < -0.39 is 5.82 Å². The molecule has 0 aliphatic heterocycles. The van der Waals surface area contributed by atoms with Crippen molar-refractivity contribution in [2.75, 3.05) is 5.73 Å². The van der Waals surface area contributed by atoms with Crippen LogP contribution in [0, 0.1) is 5.82 Å². The summed E-state index contributed by atoms with van der Waals surface area (Å²) in [6.45, 7) is 0.0903. The van der Waals surface area contributed by atoms with Crippen LogP contribution in [0.25, 0.3) is 0 Å². The van der Waals surface area contributed by atoms with Crippen molar-refractivity contribution in [2.45, 2.75) is 6.61 Å². The van der Waals surface area contributed by atoms with Crippen molar-refractivity contribution >= 4 is 5.69 Å². The number of halogens is 1. The minimum absolute atomic E-state index is 0.0429. The summed E-state index contributed by atoms with van der Waals surface area (Å²) in [6.07, 6.45) is 0. The van der Waals surface area contributed by atoms with Crippen LogP contribution in [0.2, 0.25) is 0 Å². The van der Waals surface area contributed by atoms with E-state index in [1.165, 1.54) is 18.2 Å². The fraction of sp³-hybridized carbons (Fsp3) is 0.0769. The van der Waals surface area contributed by atoms with Crippen LogP contribution < -0.4 is 10.5 Å². The molecule has 0 saturated carbocycles. The number of rotatable bonds is 3. The fourth-order valence-corrected chi connectivity index (χ4v) is 1.42. The van der Waals surface area contributed by atoms with E-state index in [4.69, 9.17) is 10.5 Å². The predicted molar refractivity (Wildman–Crippen MR) is 63.3 cm³/mol. The highest BCUT2D eigenvalue weighted by molar-refractivity contribution is 5.47. The molecule has 4 heteroatoms. The van der Waals surface area contributed by atoms with Gasteiger partial charge in [0.2, 0.25) is 0 Å². The van der Waals surface area contributed by atoms with E-state index >= 15 is 0 Å². The van der Waals surface area contributed by atoms with Gasteiger partial charge in [0.1, 0.15) is 12.4 Å². The number of hydrogen-bond donors (Lipinski definition) is 2.